The summed E-state index contributed by atoms with van der Waals surface area (Å²) in [5, 5.41) is 9.79. The van der Waals surface area contributed by atoms with Gasteiger partial charge in [0.25, 0.3) is 10.0 Å². The van der Waals surface area contributed by atoms with E-state index in [-0.39, 0.29) is 45.7 Å². The van der Waals surface area contributed by atoms with Crippen LogP contribution in [0.2, 0.25) is 0 Å². The van der Waals surface area contributed by atoms with Crippen molar-refractivity contribution >= 4 is 27.0 Å². The summed E-state index contributed by atoms with van der Waals surface area (Å²) < 4.78 is 48.1. The molecule has 3 heterocycles. The zero-order chi connectivity index (χ0) is 37.0. The maximum absolute atomic E-state index is 14.7. The third kappa shape index (κ3) is 7.62. The Morgan fingerprint density at radius 1 is 0.868 bits per heavy atom. The van der Waals surface area contributed by atoms with Crippen molar-refractivity contribution in [1.29, 1.82) is 5.26 Å². The number of hydrogen-bond acceptors (Lipinski definition) is 8. The number of imidazole rings is 1. The molecule has 0 aliphatic carbocycles. The maximum atomic E-state index is 14.7. The molecular formula is C40H41FN6O5S. The highest BCUT2D eigenvalue weighted by Crippen LogP contribution is 2.30. The number of aromatic nitrogens is 2. The van der Waals surface area contributed by atoms with Crippen LogP contribution in [0.15, 0.2) is 113 Å². The van der Waals surface area contributed by atoms with Gasteiger partial charge < -0.3 is 14.5 Å². The number of hydrogen-bond donors (Lipinski definition) is 0. The number of nitrogens with zero attached hydrogens (tertiary/aromatic N) is 6. The fraction of sp³-hybridized carbons (Fsp3) is 0.325. The second-order valence-electron chi connectivity index (χ2n) is 13.6. The van der Waals surface area contributed by atoms with E-state index in [9.17, 15) is 27.7 Å². The molecule has 274 valence electrons. The molecule has 4 aromatic carbocycles. The van der Waals surface area contributed by atoms with Crippen LogP contribution in [0.5, 0.6) is 5.75 Å². The number of ether oxygens (including phenoxy) is 1. The van der Waals surface area contributed by atoms with Gasteiger partial charge >= 0.3 is 5.69 Å². The molecule has 2 aliphatic rings. The summed E-state index contributed by atoms with van der Waals surface area (Å²) in [6, 6.07) is 29.9. The molecule has 1 amide bonds. The van der Waals surface area contributed by atoms with Crippen LogP contribution < -0.4 is 10.4 Å². The van der Waals surface area contributed by atoms with Gasteiger partial charge in [0, 0.05) is 52.4 Å². The average molecular weight is 737 g/mol. The molecule has 0 bridgehead atoms. The molecule has 0 radical (unpaired) electrons. The minimum absolute atomic E-state index is 0.0335. The van der Waals surface area contributed by atoms with Crippen LogP contribution in [0, 0.1) is 17.2 Å². The molecule has 11 nitrogen and oxygen atoms in total. The van der Waals surface area contributed by atoms with Gasteiger partial charge in [-0.15, -0.1) is 0 Å². The quantitative estimate of drug-likeness (QED) is 0.184. The van der Waals surface area contributed by atoms with E-state index < -0.39 is 28.4 Å². The first-order valence-corrected chi connectivity index (χ1v) is 19.2. The van der Waals surface area contributed by atoms with Gasteiger partial charge in [-0.05, 0) is 65.9 Å². The summed E-state index contributed by atoms with van der Waals surface area (Å²) in [5.74, 6) is 0.206. The molecule has 7 rings (SSSR count). The molecule has 2 atom stereocenters. The lowest BCUT2D eigenvalue weighted by atomic mass is 10.0. The van der Waals surface area contributed by atoms with Gasteiger partial charge in [-0.2, -0.15) is 9.23 Å². The summed E-state index contributed by atoms with van der Waals surface area (Å²) in [6.45, 7) is 5.76. The van der Waals surface area contributed by atoms with Crippen molar-refractivity contribution in [1.82, 2.24) is 23.2 Å². The number of carbonyl (C=O) groups is 1. The molecule has 0 spiro atoms. The Morgan fingerprint density at radius 2 is 1.55 bits per heavy atom. The molecule has 2 saturated heterocycles. The standard InChI is InChI=1S/C40H41FN6O5S/c41-18-24-52-34-12-14-35(15-13-34)53(50,51)47-36-16-11-31(26-42)25-37(36)46(40(47)49)38(33-9-5-2-6-10-33)39(48)45-19-17-32(29-45)28-44-22-20-43(21-23-44)27-30-7-3-1-4-8-30/h1-16,25,32,38H,17-24,27-29H2/t32-,38?/m0/s1. The van der Waals surface area contributed by atoms with E-state index in [1.165, 1.54) is 52.6 Å². The number of piperazine rings is 1. The van der Waals surface area contributed by atoms with Crippen LogP contribution in [0.4, 0.5) is 4.39 Å². The first kappa shape index (κ1) is 36.1. The summed E-state index contributed by atoms with van der Waals surface area (Å²) in [6.07, 6.45) is 0.812. The Balaban J connectivity index is 1.17. The SMILES string of the molecule is N#Cc1ccc2c(c1)n(C(C(=O)N1CC[C@@H](CN3CCN(Cc4ccccc4)CC3)C1)c1ccccc1)c(=O)n2S(=O)(=O)c1ccc(OCCF)cc1. The molecule has 1 unspecified atom stereocenters. The third-order valence-electron chi connectivity index (χ3n) is 10.1. The van der Waals surface area contributed by atoms with Gasteiger partial charge in [0.05, 0.1) is 27.6 Å². The van der Waals surface area contributed by atoms with Crippen molar-refractivity contribution in [3.8, 4) is 11.8 Å². The fourth-order valence-corrected chi connectivity index (χ4v) is 8.84. The van der Waals surface area contributed by atoms with E-state index in [4.69, 9.17) is 4.74 Å². The van der Waals surface area contributed by atoms with Gasteiger partial charge in [-0.25, -0.2) is 17.6 Å². The first-order chi connectivity index (χ1) is 25.8. The number of benzene rings is 4. The van der Waals surface area contributed by atoms with Crippen molar-refractivity contribution in [2.75, 3.05) is 59.1 Å². The molecule has 0 saturated carbocycles. The highest BCUT2D eigenvalue weighted by Gasteiger charge is 2.37. The maximum Gasteiger partial charge on any atom is 0.344 e. The van der Waals surface area contributed by atoms with E-state index in [1.807, 2.05) is 12.1 Å². The zero-order valence-corrected chi connectivity index (χ0v) is 30.1. The Labute approximate surface area is 308 Å². The highest BCUT2D eigenvalue weighted by atomic mass is 32.2. The van der Waals surface area contributed by atoms with Gasteiger partial charge in [0.1, 0.15) is 25.1 Å². The molecule has 5 aromatic rings. The number of amides is 1. The zero-order valence-electron chi connectivity index (χ0n) is 29.3. The van der Waals surface area contributed by atoms with Crippen molar-refractivity contribution in [3.05, 3.63) is 130 Å². The summed E-state index contributed by atoms with van der Waals surface area (Å²) in [5.41, 5.74) is 1.28. The summed E-state index contributed by atoms with van der Waals surface area (Å²) in [4.78, 5) is 35.7. The van der Waals surface area contributed by atoms with Crippen molar-refractivity contribution in [2.45, 2.75) is 23.9 Å². The van der Waals surface area contributed by atoms with E-state index >= 15 is 0 Å². The van der Waals surface area contributed by atoms with E-state index in [0.717, 1.165) is 45.7 Å². The first-order valence-electron chi connectivity index (χ1n) is 17.8. The lowest BCUT2D eigenvalue weighted by Gasteiger charge is -2.36. The van der Waals surface area contributed by atoms with Crippen molar-refractivity contribution in [2.24, 2.45) is 5.92 Å². The Morgan fingerprint density at radius 3 is 2.23 bits per heavy atom. The Bertz CT molecular complexity index is 2260. The smallest absolute Gasteiger partial charge is 0.344 e. The van der Waals surface area contributed by atoms with Crippen molar-refractivity contribution < 1.29 is 22.3 Å². The number of halogens is 1. The fourth-order valence-electron chi connectivity index (χ4n) is 7.44. The van der Waals surface area contributed by atoms with Crippen LogP contribution in [-0.4, -0.2) is 96.7 Å². The number of carbonyl (C=O) groups excluding carboxylic acids is 1. The minimum atomic E-state index is -4.50. The minimum Gasteiger partial charge on any atom is -0.491 e. The number of fused-ring (bicyclic) bond motifs is 1. The Hall–Kier alpha value is -5.29. The predicted molar refractivity (Wildman–Crippen MR) is 199 cm³/mol. The second-order valence-corrected chi connectivity index (χ2v) is 15.3. The third-order valence-corrected chi connectivity index (χ3v) is 11.8. The van der Waals surface area contributed by atoms with Gasteiger partial charge in [-0.3, -0.25) is 14.3 Å². The predicted octanol–water partition coefficient (Wildman–Crippen LogP) is 4.52. The van der Waals surface area contributed by atoms with Crippen LogP contribution >= 0.6 is 0 Å². The van der Waals surface area contributed by atoms with E-state index in [0.29, 0.717) is 22.6 Å². The highest BCUT2D eigenvalue weighted by molar-refractivity contribution is 7.90. The largest absolute Gasteiger partial charge is 0.491 e. The number of likely N-dealkylation sites (tertiary alicyclic amines) is 1. The van der Waals surface area contributed by atoms with E-state index in [2.05, 4.69) is 40.1 Å². The van der Waals surface area contributed by atoms with Gasteiger partial charge in [0.15, 0.2) is 0 Å². The number of rotatable bonds is 12. The number of nitriles is 1. The van der Waals surface area contributed by atoms with E-state index in [1.54, 1.807) is 29.2 Å². The number of alkyl halides is 1. The normalized spacial score (nSPS) is 17.5. The van der Waals surface area contributed by atoms with Crippen LogP contribution in [0.1, 0.15) is 29.2 Å². The lowest BCUT2D eigenvalue weighted by Crippen LogP contribution is -2.47. The molecular weight excluding hydrogens is 696 g/mol. The molecule has 1 aromatic heterocycles. The lowest BCUT2D eigenvalue weighted by molar-refractivity contribution is -0.132. The van der Waals surface area contributed by atoms with Gasteiger partial charge in [-0.1, -0.05) is 60.7 Å². The second kappa shape index (κ2) is 15.8. The molecule has 2 fully saturated rings. The molecule has 2 aliphatic heterocycles. The van der Waals surface area contributed by atoms with Crippen molar-refractivity contribution in [3.63, 3.8) is 0 Å². The van der Waals surface area contributed by atoms with Crippen LogP contribution in [-0.2, 0) is 21.4 Å². The summed E-state index contributed by atoms with van der Waals surface area (Å²) in [7, 11) is -4.50. The van der Waals surface area contributed by atoms with Crippen LogP contribution in [0.25, 0.3) is 11.0 Å². The molecule has 0 N–H and O–H groups in total. The van der Waals surface area contributed by atoms with Gasteiger partial charge in [0.2, 0.25) is 5.91 Å². The average Bonchev–Trinajstić information content (AvgIpc) is 3.77. The van der Waals surface area contributed by atoms with Crippen LogP contribution in [0.3, 0.4) is 0 Å². The summed E-state index contributed by atoms with van der Waals surface area (Å²) >= 11 is 0. The topological polar surface area (TPSA) is 121 Å². The molecule has 53 heavy (non-hydrogen) atoms. The Kier molecular flexibility index (Phi) is 10.7. The molecule has 13 heteroatoms. The monoisotopic (exact) mass is 736 g/mol.